The maximum Gasteiger partial charge on any atom is 0.144 e. The maximum atomic E-state index is 13.7. The number of rotatable bonds is 3. The van der Waals surface area contributed by atoms with Crippen molar-refractivity contribution >= 4 is 28.1 Å². The lowest BCUT2D eigenvalue weighted by Gasteiger charge is -2.13. The number of aromatic nitrogens is 1. The molecule has 6 heteroatoms. The molecule has 0 amide bonds. The van der Waals surface area contributed by atoms with Crippen LogP contribution in [-0.4, -0.2) is 20.2 Å². The molecule has 134 valence electrons. The van der Waals surface area contributed by atoms with Gasteiger partial charge in [0.15, 0.2) is 0 Å². The molecular weight excluding hydrogens is 354 g/mol. The van der Waals surface area contributed by atoms with Gasteiger partial charge in [-0.2, -0.15) is 4.40 Å². The van der Waals surface area contributed by atoms with E-state index in [0.29, 0.717) is 22.3 Å². The lowest BCUT2D eigenvalue weighted by molar-refractivity contribution is 0.628. The number of fused-ring (bicyclic) bond motifs is 1. The molecule has 0 aliphatic rings. The molecule has 2 aromatic carbocycles. The summed E-state index contributed by atoms with van der Waals surface area (Å²) >= 11 is 0. The van der Waals surface area contributed by atoms with E-state index in [9.17, 15) is 13.0 Å². The van der Waals surface area contributed by atoms with Crippen LogP contribution >= 0.6 is 0 Å². The molecule has 0 fully saturated rings. The maximum absolute atomic E-state index is 13.7. The number of hydrogen-bond acceptors (Lipinski definition) is 2. The number of hydrogen-bond donors (Lipinski definition) is 0. The average Bonchev–Trinajstić information content (AvgIpc) is 2.58. The van der Waals surface area contributed by atoms with E-state index in [0.717, 1.165) is 5.39 Å². The van der Waals surface area contributed by atoms with Crippen LogP contribution in [0.1, 0.15) is 26.3 Å². The highest BCUT2D eigenvalue weighted by Crippen LogP contribution is 2.26. The van der Waals surface area contributed by atoms with Crippen LogP contribution in [0, 0.1) is 11.6 Å². The molecular formula is C20H18F2N2OS. The molecule has 3 rings (SSSR count). The van der Waals surface area contributed by atoms with Gasteiger partial charge < -0.3 is 0 Å². The summed E-state index contributed by atoms with van der Waals surface area (Å²) < 4.78 is 43.1. The van der Waals surface area contributed by atoms with Crippen molar-refractivity contribution in [2.75, 3.05) is 0 Å². The van der Waals surface area contributed by atoms with Gasteiger partial charge in [-0.15, -0.1) is 0 Å². The number of halogens is 2. The van der Waals surface area contributed by atoms with Crippen molar-refractivity contribution in [2.24, 2.45) is 4.40 Å². The Labute approximate surface area is 153 Å². The van der Waals surface area contributed by atoms with Crippen LogP contribution in [0.3, 0.4) is 0 Å². The zero-order chi connectivity index (χ0) is 18.9. The third-order valence-corrected chi connectivity index (χ3v) is 5.06. The fraction of sp³-hybridized carbons (Fsp3) is 0.200. The van der Waals surface area contributed by atoms with Crippen LogP contribution in [0.15, 0.2) is 52.9 Å². The Kier molecular flexibility index (Phi) is 4.96. The van der Waals surface area contributed by atoms with Crippen LogP contribution in [0.25, 0.3) is 22.2 Å². The monoisotopic (exact) mass is 372 g/mol. The largest absolute Gasteiger partial charge is 0.247 e. The molecule has 1 heterocycles. The van der Waals surface area contributed by atoms with Gasteiger partial charge in [0.05, 0.1) is 16.0 Å². The highest BCUT2D eigenvalue weighted by atomic mass is 32.2. The SMILES string of the molecule is CC(C)(C)S(=O)N=Cc1cc2ccc(F)cc2nc1-c1cccc(F)c1. The van der Waals surface area contributed by atoms with E-state index >= 15 is 0 Å². The van der Waals surface area contributed by atoms with Crippen LogP contribution < -0.4 is 0 Å². The van der Waals surface area contributed by atoms with Crippen molar-refractivity contribution in [1.82, 2.24) is 4.98 Å². The summed E-state index contributed by atoms with van der Waals surface area (Å²) in [6.45, 7) is 5.49. The van der Waals surface area contributed by atoms with Gasteiger partial charge in [-0.1, -0.05) is 12.1 Å². The molecule has 0 bridgehead atoms. The second-order valence-corrected chi connectivity index (χ2v) is 8.80. The van der Waals surface area contributed by atoms with E-state index in [2.05, 4.69) is 9.38 Å². The molecule has 1 unspecified atom stereocenters. The van der Waals surface area contributed by atoms with Gasteiger partial charge in [0, 0.05) is 28.8 Å². The van der Waals surface area contributed by atoms with Crippen molar-refractivity contribution in [3.8, 4) is 11.3 Å². The van der Waals surface area contributed by atoms with Gasteiger partial charge in [0.2, 0.25) is 0 Å². The highest BCUT2D eigenvalue weighted by molar-refractivity contribution is 7.85. The number of benzene rings is 2. The normalized spacial score (nSPS) is 13.4. The molecule has 26 heavy (non-hydrogen) atoms. The second-order valence-electron chi connectivity index (χ2n) is 6.87. The second kappa shape index (κ2) is 7.03. The zero-order valence-corrected chi connectivity index (χ0v) is 15.5. The first-order valence-electron chi connectivity index (χ1n) is 8.06. The number of pyridine rings is 1. The molecule has 0 saturated heterocycles. The lowest BCUT2D eigenvalue weighted by Crippen LogP contribution is -2.19. The van der Waals surface area contributed by atoms with Crippen LogP contribution in [0.2, 0.25) is 0 Å². The van der Waals surface area contributed by atoms with Crippen molar-refractivity contribution < 1.29 is 13.0 Å². The van der Waals surface area contributed by atoms with Gasteiger partial charge in [-0.3, -0.25) is 0 Å². The third-order valence-electron chi connectivity index (χ3n) is 3.72. The first kappa shape index (κ1) is 18.3. The fourth-order valence-electron chi connectivity index (χ4n) is 2.38. The predicted octanol–water partition coefficient (Wildman–Crippen LogP) is 5.06. The van der Waals surface area contributed by atoms with Crippen molar-refractivity contribution in [3.05, 3.63) is 65.7 Å². The molecule has 0 aliphatic carbocycles. The summed E-state index contributed by atoms with van der Waals surface area (Å²) in [6, 6.07) is 12.1. The van der Waals surface area contributed by atoms with Crippen LogP contribution in [0.5, 0.6) is 0 Å². The zero-order valence-electron chi connectivity index (χ0n) is 14.7. The predicted molar refractivity (Wildman–Crippen MR) is 103 cm³/mol. The molecule has 1 atom stereocenters. The topological polar surface area (TPSA) is 42.3 Å². The molecule has 3 nitrogen and oxygen atoms in total. The first-order valence-corrected chi connectivity index (χ1v) is 9.17. The summed E-state index contributed by atoms with van der Waals surface area (Å²) in [7, 11) is -1.44. The van der Waals surface area contributed by atoms with Crippen molar-refractivity contribution in [3.63, 3.8) is 0 Å². The Bertz CT molecular complexity index is 1030. The Morgan fingerprint density at radius 2 is 1.77 bits per heavy atom. The van der Waals surface area contributed by atoms with Gasteiger partial charge in [0.1, 0.15) is 22.6 Å². The van der Waals surface area contributed by atoms with Crippen LogP contribution in [-0.2, 0) is 11.0 Å². The van der Waals surface area contributed by atoms with E-state index in [1.54, 1.807) is 24.3 Å². The van der Waals surface area contributed by atoms with Crippen molar-refractivity contribution in [1.29, 1.82) is 0 Å². The highest BCUT2D eigenvalue weighted by Gasteiger charge is 2.18. The average molecular weight is 372 g/mol. The lowest BCUT2D eigenvalue weighted by atomic mass is 10.0. The van der Waals surface area contributed by atoms with E-state index in [1.165, 1.54) is 30.5 Å². The van der Waals surface area contributed by atoms with E-state index in [4.69, 9.17) is 0 Å². The van der Waals surface area contributed by atoms with Gasteiger partial charge in [0.25, 0.3) is 0 Å². The van der Waals surface area contributed by atoms with Gasteiger partial charge >= 0.3 is 0 Å². The summed E-state index contributed by atoms with van der Waals surface area (Å²) in [5.41, 5.74) is 2.04. The Morgan fingerprint density at radius 3 is 2.46 bits per heavy atom. The molecule has 0 N–H and O–H groups in total. The van der Waals surface area contributed by atoms with E-state index in [-0.39, 0.29) is 0 Å². The van der Waals surface area contributed by atoms with Gasteiger partial charge in [-0.05, 0) is 51.1 Å². The van der Waals surface area contributed by atoms with E-state index in [1.807, 2.05) is 20.8 Å². The molecule has 0 aliphatic heterocycles. The van der Waals surface area contributed by atoms with Crippen LogP contribution in [0.4, 0.5) is 8.78 Å². The molecule has 0 radical (unpaired) electrons. The number of nitrogens with zero attached hydrogens (tertiary/aromatic N) is 2. The standard InChI is InChI=1S/C20H18F2N2OS/c1-20(2,3)26(25)23-12-15-9-13-7-8-17(22)11-18(13)24-19(15)14-5-4-6-16(21)10-14/h4-12H,1-3H3. The minimum atomic E-state index is -1.44. The Balaban J connectivity index is 2.19. The first-order chi connectivity index (χ1) is 12.2. The third kappa shape index (κ3) is 4.02. The summed E-state index contributed by atoms with van der Waals surface area (Å²) in [5.74, 6) is -0.796. The molecule has 0 saturated carbocycles. The molecule has 3 aromatic rings. The Morgan fingerprint density at radius 1 is 1.04 bits per heavy atom. The minimum absolute atomic E-state index is 0.398. The quantitative estimate of drug-likeness (QED) is 0.603. The summed E-state index contributed by atoms with van der Waals surface area (Å²) in [6.07, 6.45) is 1.48. The fourth-order valence-corrected chi connectivity index (χ4v) is 2.91. The minimum Gasteiger partial charge on any atom is -0.247 e. The van der Waals surface area contributed by atoms with Gasteiger partial charge in [-0.25, -0.2) is 18.0 Å². The Hall–Kier alpha value is -2.47. The van der Waals surface area contributed by atoms with Crippen molar-refractivity contribution in [2.45, 2.75) is 25.5 Å². The van der Waals surface area contributed by atoms with E-state index < -0.39 is 27.4 Å². The summed E-state index contributed by atoms with van der Waals surface area (Å²) in [5, 5.41) is 0.717. The molecule has 1 aromatic heterocycles. The molecule has 0 spiro atoms. The summed E-state index contributed by atoms with van der Waals surface area (Å²) in [4.78, 5) is 4.49. The smallest absolute Gasteiger partial charge is 0.144 e.